The molecule has 0 aromatic heterocycles. The molecule has 0 saturated heterocycles. The molecule has 0 radical (unpaired) electrons. The number of carbonyl (C=O) groups excluding carboxylic acids is 2. The molecule has 0 aliphatic heterocycles. The van der Waals surface area contributed by atoms with E-state index in [0.717, 1.165) is 6.04 Å². The molecule has 9 nitrogen and oxygen atoms in total. The Morgan fingerprint density at radius 3 is 2.52 bits per heavy atom. The number of aliphatic hydroxyl groups is 1. The van der Waals surface area contributed by atoms with Gasteiger partial charge in [0.15, 0.2) is 6.10 Å². The van der Waals surface area contributed by atoms with E-state index in [1.165, 1.54) is 24.3 Å². The summed E-state index contributed by atoms with van der Waals surface area (Å²) in [4.78, 5) is 34.4. The Hall–Kier alpha value is -2.46. The molecule has 27 heavy (non-hydrogen) atoms. The highest BCUT2D eigenvalue weighted by molar-refractivity contribution is 6.76. The van der Waals surface area contributed by atoms with Crippen molar-refractivity contribution >= 4 is 25.8 Å². The average molecular weight is 398 g/mol. The fraction of sp³-hybridized carbons (Fsp3) is 0.529. The van der Waals surface area contributed by atoms with Crippen LogP contribution in [0.1, 0.15) is 18.5 Å². The van der Waals surface area contributed by atoms with Crippen LogP contribution in [0, 0.1) is 10.1 Å². The minimum absolute atomic E-state index is 0.0399. The van der Waals surface area contributed by atoms with E-state index in [9.17, 15) is 24.8 Å². The minimum Gasteiger partial charge on any atom is -0.464 e. The molecule has 0 fully saturated rings. The average Bonchev–Trinajstić information content (AvgIpc) is 2.58. The summed E-state index contributed by atoms with van der Waals surface area (Å²) >= 11 is 0. The fourth-order valence-corrected chi connectivity index (χ4v) is 2.87. The van der Waals surface area contributed by atoms with Crippen molar-refractivity contribution in [2.24, 2.45) is 0 Å². The molecule has 0 bridgehead atoms. The number of nitrogens with zero attached hydrogens (tertiary/aromatic N) is 1. The number of amides is 1. The Balaban J connectivity index is 2.98. The largest absolute Gasteiger partial charge is 0.464 e. The number of nitro groups is 1. The van der Waals surface area contributed by atoms with Gasteiger partial charge in [-0.15, -0.1) is 0 Å². The van der Waals surface area contributed by atoms with Crippen molar-refractivity contribution in [2.45, 2.75) is 44.8 Å². The number of ether oxygens (including phenoxy) is 2. The van der Waals surface area contributed by atoms with E-state index in [-0.39, 0.29) is 24.5 Å². The predicted octanol–water partition coefficient (Wildman–Crippen LogP) is 2.62. The SMILES string of the molecule is CCOC(=O)[C@H](O)[C@@H](NC(=O)OCC[Si](C)(C)C)c1cccc([N+](=O)[O-])c1. The van der Waals surface area contributed by atoms with Crippen molar-refractivity contribution in [3.05, 3.63) is 39.9 Å². The normalized spacial score (nSPS) is 13.4. The number of rotatable bonds is 9. The van der Waals surface area contributed by atoms with Crippen LogP contribution in [0.5, 0.6) is 0 Å². The maximum atomic E-state index is 12.1. The van der Waals surface area contributed by atoms with Gasteiger partial charge >= 0.3 is 12.1 Å². The van der Waals surface area contributed by atoms with Crippen molar-refractivity contribution in [3.63, 3.8) is 0 Å². The highest BCUT2D eigenvalue weighted by Crippen LogP contribution is 2.23. The minimum atomic E-state index is -1.74. The maximum absolute atomic E-state index is 12.1. The Labute approximate surface area is 158 Å². The molecule has 0 aliphatic rings. The second-order valence-corrected chi connectivity index (χ2v) is 12.7. The van der Waals surface area contributed by atoms with Crippen LogP contribution in [0.25, 0.3) is 0 Å². The molecule has 150 valence electrons. The Kier molecular flexibility index (Phi) is 8.38. The third-order valence-corrected chi connectivity index (χ3v) is 5.35. The maximum Gasteiger partial charge on any atom is 0.407 e. The molecule has 1 aromatic rings. The number of carbonyl (C=O) groups is 2. The number of non-ortho nitro benzene ring substituents is 1. The first-order chi connectivity index (χ1) is 12.5. The van der Waals surface area contributed by atoms with E-state index in [4.69, 9.17) is 9.47 Å². The first-order valence-electron chi connectivity index (χ1n) is 8.57. The van der Waals surface area contributed by atoms with Gasteiger partial charge in [0.25, 0.3) is 5.69 Å². The summed E-state index contributed by atoms with van der Waals surface area (Å²) in [6.07, 6.45) is -2.57. The molecule has 2 atom stereocenters. The molecule has 0 heterocycles. The molecule has 2 N–H and O–H groups in total. The Bertz CT molecular complexity index is 675. The van der Waals surface area contributed by atoms with Crippen LogP contribution in [-0.4, -0.2) is 49.5 Å². The zero-order chi connectivity index (χ0) is 20.6. The molecular weight excluding hydrogens is 372 g/mol. The van der Waals surface area contributed by atoms with Gasteiger partial charge in [-0.1, -0.05) is 31.8 Å². The van der Waals surface area contributed by atoms with E-state index in [1.54, 1.807) is 6.92 Å². The summed E-state index contributed by atoms with van der Waals surface area (Å²) in [6, 6.07) is 4.81. The van der Waals surface area contributed by atoms with Crippen LogP contribution in [0.4, 0.5) is 10.5 Å². The number of hydrogen-bond acceptors (Lipinski definition) is 7. The van der Waals surface area contributed by atoms with E-state index >= 15 is 0 Å². The monoisotopic (exact) mass is 398 g/mol. The number of nitro benzene ring substituents is 1. The van der Waals surface area contributed by atoms with Crippen molar-refractivity contribution in [1.29, 1.82) is 0 Å². The van der Waals surface area contributed by atoms with Gasteiger partial charge in [0.05, 0.1) is 24.2 Å². The fourth-order valence-electron chi connectivity index (χ4n) is 2.16. The van der Waals surface area contributed by atoms with Crippen molar-refractivity contribution < 1.29 is 29.1 Å². The summed E-state index contributed by atoms with van der Waals surface area (Å²) in [7, 11) is -1.40. The van der Waals surface area contributed by atoms with Gasteiger partial charge in [0.1, 0.15) is 0 Å². The van der Waals surface area contributed by atoms with Gasteiger partial charge in [-0.2, -0.15) is 0 Å². The van der Waals surface area contributed by atoms with Crippen molar-refractivity contribution in [3.8, 4) is 0 Å². The Morgan fingerprint density at radius 2 is 1.96 bits per heavy atom. The van der Waals surface area contributed by atoms with Crippen LogP contribution < -0.4 is 5.32 Å². The molecule has 1 rings (SSSR count). The predicted molar refractivity (Wildman–Crippen MR) is 101 cm³/mol. The lowest BCUT2D eigenvalue weighted by atomic mass is 10.0. The number of hydrogen-bond donors (Lipinski definition) is 2. The lowest BCUT2D eigenvalue weighted by Crippen LogP contribution is -2.41. The number of alkyl carbamates (subject to hydrolysis) is 1. The van der Waals surface area contributed by atoms with Gasteiger partial charge < -0.3 is 19.9 Å². The second-order valence-electron chi connectivity index (χ2n) is 7.12. The van der Waals surface area contributed by atoms with Gasteiger partial charge in [-0.05, 0) is 18.5 Å². The second kappa shape index (κ2) is 10.0. The summed E-state index contributed by atoms with van der Waals surface area (Å²) < 4.78 is 9.91. The smallest absolute Gasteiger partial charge is 0.407 e. The lowest BCUT2D eigenvalue weighted by Gasteiger charge is -2.23. The standard InChI is InChI=1S/C17H26N2O7Si/c1-5-25-16(21)15(20)14(12-7-6-8-13(11-12)19(23)24)18-17(22)26-9-10-27(2,3)4/h6-8,11,14-15,20H,5,9-10H2,1-4H3,(H,18,22)/t14-,15+/m0/s1. The molecule has 0 aliphatic carbocycles. The third-order valence-electron chi connectivity index (χ3n) is 3.64. The number of aliphatic hydroxyl groups excluding tert-OH is 1. The lowest BCUT2D eigenvalue weighted by molar-refractivity contribution is -0.384. The van der Waals surface area contributed by atoms with Crippen LogP contribution >= 0.6 is 0 Å². The molecule has 1 amide bonds. The molecule has 1 aromatic carbocycles. The van der Waals surface area contributed by atoms with E-state index < -0.39 is 37.2 Å². The topological polar surface area (TPSA) is 128 Å². The Morgan fingerprint density at radius 1 is 1.30 bits per heavy atom. The van der Waals surface area contributed by atoms with Crippen LogP contribution in [0.3, 0.4) is 0 Å². The number of esters is 1. The first-order valence-corrected chi connectivity index (χ1v) is 12.3. The summed E-state index contributed by atoms with van der Waals surface area (Å²) in [5.74, 6) is -0.948. The summed E-state index contributed by atoms with van der Waals surface area (Å²) in [5.41, 5.74) is -0.0469. The van der Waals surface area contributed by atoms with Crippen LogP contribution in [-0.2, 0) is 14.3 Å². The van der Waals surface area contributed by atoms with Crippen molar-refractivity contribution in [2.75, 3.05) is 13.2 Å². The van der Waals surface area contributed by atoms with Crippen LogP contribution in [0.15, 0.2) is 24.3 Å². The number of nitrogens with one attached hydrogen (secondary N) is 1. The van der Waals surface area contributed by atoms with Crippen molar-refractivity contribution in [1.82, 2.24) is 5.32 Å². The molecular formula is C17H26N2O7Si. The van der Waals surface area contributed by atoms with E-state index in [0.29, 0.717) is 0 Å². The summed E-state index contributed by atoms with van der Waals surface area (Å²) in [5, 5.41) is 23.7. The molecule has 10 heteroatoms. The zero-order valence-corrected chi connectivity index (χ0v) is 16.9. The third kappa shape index (κ3) is 7.75. The van der Waals surface area contributed by atoms with Gasteiger partial charge in [-0.25, -0.2) is 9.59 Å². The molecule has 0 unspecified atom stereocenters. The van der Waals surface area contributed by atoms with E-state index in [2.05, 4.69) is 25.0 Å². The van der Waals surface area contributed by atoms with Gasteiger partial charge in [0, 0.05) is 20.2 Å². The molecule has 0 spiro atoms. The van der Waals surface area contributed by atoms with Crippen LogP contribution in [0.2, 0.25) is 25.7 Å². The van der Waals surface area contributed by atoms with Gasteiger partial charge in [0.2, 0.25) is 0 Å². The van der Waals surface area contributed by atoms with E-state index in [1.807, 2.05) is 0 Å². The number of benzene rings is 1. The summed E-state index contributed by atoms with van der Waals surface area (Å²) in [6.45, 7) is 8.21. The van der Waals surface area contributed by atoms with Gasteiger partial charge in [-0.3, -0.25) is 10.1 Å². The quantitative estimate of drug-likeness (QED) is 0.283. The zero-order valence-electron chi connectivity index (χ0n) is 15.9. The highest BCUT2D eigenvalue weighted by Gasteiger charge is 2.31. The first kappa shape index (κ1) is 22.6. The highest BCUT2D eigenvalue weighted by atomic mass is 28.3. The molecule has 0 saturated carbocycles.